The van der Waals surface area contributed by atoms with E-state index in [9.17, 15) is 18.0 Å². The van der Waals surface area contributed by atoms with E-state index in [-0.39, 0.29) is 23.8 Å². The third-order valence-corrected chi connectivity index (χ3v) is 6.27. The van der Waals surface area contributed by atoms with Crippen molar-refractivity contribution in [2.75, 3.05) is 6.54 Å². The van der Waals surface area contributed by atoms with E-state index < -0.39 is 15.9 Å². The monoisotopic (exact) mass is 426 g/mol. The Labute approximate surface area is 175 Å². The van der Waals surface area contributed by atoms with E-state index in [1.54, 1.807) is 12.1 Å². The quantitative estimate of drug-likeness (QED) is 0.531. The van der Waals surface area contributed by atoms with Gasteiger partial charge in [-0.3, -0.25) is 9.59 Å². The summed E-state index contributed by atoms with van der Waals surface area (Å²) >= 11 is 0. The molecule has 0 aliphatic carbocycles. The Balaban J connectivity index is 1.78. The van der Waals surface area contributed by atoms with Gasteiger partial charge >= 0.3 is 0 Å². The molecule has 0 unspecified atom stereocenters. The predicted molar refractivity (Wildman–Crippen MR) is 111 cm³/mol. The number of rotatable bonds is 9. The van der Waals surface area contributed by atoms with Gasteiger partial charge in [-0.05, 0) is 36.8 Å². The molecule has 0 saturated carbocycles. The van der Waals surface area contributed by atoms with E-state index in [1.807, 2.05) is 30.3 Å². The van der Waals surface area contributed by atoms with Gasteiger partial charge in [0.1, 0.15) is 5.76 Å². The Bertz CT molecular complexity index is 1090. The number of hydrogen-bond acceptors (Lipinski definition) is 5. The van der Waals surface area contributed by atoms with Crippen molar-refractivity contribution in [1.29, 1.82) is 0 Å². The maximum Gasteiger partial charge on any atom is 0.243 e. The minimum absolute atomic E-state index is 0.00471. The van der Waals surface area contributed by atoms with Gasteiger partial charge in [0.25, 0.3) is 0 Å². The van der Waals surface area contributed by atoms with E-state index in [4.69, 9.17) is 4.42 Å². The molecule has 0 aliphatic rings. The van der Waals surface area contributed by atoms with Gasteiger partial charge in [-0.1, -0.05) is 42.5 Å². The van der Waals surface area contributed by atoms with Crippen molar-refractivity contribution in [1.82, 2.24) is 9.62 Å². The van der Waals surface area contributed by atoms with Gasteiger partial charge in [0.2, 0.25) is 15.9 Å². The molecule has 0 fully saturated rings. The van der Waals surface area contributed by atoms with Gasteiger partial charge in [0, 0.05) is 12.1 Å². The maximum atomic E-state index is 13.2. The fraction of sp³-hybridized carbons (Fsp3) is 0.182. The van der Waals surface area contributed by atoms with Crippen LogP contribution in [0.4, 0.5) is 0 Å². The normalized spacial score (nSPS) is 11.4. The zero-order valence-corrected chi connectivity index (χ0v) is 17.3. The topological polar surface area (TPSA) is 96.7 Å². The summed E-state index contributed by atoms with van der Waals surface area (Å²) in [5.41, 5.74) is 1.32. The molecule has 0 radical (unpaired) electrons. The van der Waals surface area contributed by atoms with Crippen LogP contribution in [0.2, 0.25) is 0 Å². The second-order valence-corrected chi connectivity index (χ2v) is 8.63. The van der Waals surface area contributed by atoms with E-state index >= 15 is 0 Å². The summed E-state index contributed by atoms with van der Waals surface area (Å²) in [5, 5.41) is 2.74. The summed E-state index contributed by atoms with van der Waals surface area (Å²) in [6.45, 7) is 1.23. The van der Waals surface area contributed by atoms with E-state index in [1.165, 1.54) is 37.5 Å². The van der Waals surface area contributed by atoms with Crippen LogP contribution >= 0.6 is 0 Å². The lowest BCUT2D eigenvalue weighted by atomic mass is 10.2. The molecule has 3 aromatic rings. The molecule has 7 nitrogen and oxygen atoms in total. The van der Waals surface area contributed by atoms with Crippen molar-refractivity contribution < 1.29 is 22.4 Å². The molecule has 0 bridgehead atoms. The lowest BCUT2D eigenvalue weighted by molar-refractivity contribution is -0.121. The number of carbonyl (C=O) groups is 2. The van der Waals surface area contributed by atoms with Crippen LogP contribution in [0.15, 0.2) is 82.3 Å². The van der Waals surface area contributed by atoms with Crippen LogP contribution in [-0.2, 0) is 27.9 Å². The molecule has 1 heterocycles. The highest BCUT2D eigenvalue weighted by molar-refractivity contribution is 7.89. The van der Waals surface area contributed by atoms with Gasteiger partial charge in [0.15, 0.2) is 5.78 Å². The number of furan rings is 1. The SMILES string of the molecule is CC(=O)c1ccc(S(=O)(=O)N(CC(=O)NCc2ccccc2)Cc2ccco2)cc1. The Morgan fingerprint density at radius 2 is 1.67 bits per heavy atom. The largest absolute Gasteiger partial charge is 0.468 e. The summed E-state index contributed by atoms with van der Waals surface area (Å²) in [7, 11) is -4.00. The first-order valence-corrected chi connectivity index (χ1v) is 10.7. The molecular formula is C22H22N2O5S. The smallest absolute Gasteiger partial charge is 0.243 e. The molecule has 0 saturated heterocycles. The third kappa shape index (κ3) is 5.43. The highest BCUT2D eigenvalue weighted by Gasteiger charge is 2.27. The van der Waals surface area contributed by atoms with Crippen molar-refractivity contribution in [2.45, 2.75) is 24.9 Å². The average molecular weight is 426 g/mol. The first kappa shape index (κ1) is 21.5. The fourth-order valence-corrected chi connectivity index (χ4v) is 4.19. The fourth-order valence-electron chi connectivity index (χ4n) is 2.83. The summed E-state index contributed by atoms with van der Waals surface area (Å²) in [5.74, 6) is -0.184. The highest BCUT2D eigenvalue weighted by Crippen LogP contribution is 2.19. The summed E-state index contributed by atoms with van der Waals surface area (Å²) in [4.78, 5) is 23.9. The number of amides is 1. The van der Waals surface area contributed by atoms with Crippen LogP contribution in [0.1, 0.15) is 28.6 Å². The molecule has 0 atom stereocenters. The number of hydrogen-bond donors (Lipinski definition) is 1. The molecule has 0 aliphatic heterocycles. The van der Waals surface area contributed by atoms with Crippen molar-refractivity contribution in [2.24, 2.45) is 0 Å². The van der Waals surface area contributed by atoms with Crippen LogP contribution in [0, 0.1) is 0 Å². The summed E-state index contributed by atoms with van der Waals surface area (Å²) < 4.78 is 32.7. The van der Waals surface area contributed by atoms with Crippen LogP contribution < -0.4 is 5.32 Å². The van der Waals surface area contributed by atoms with Gasteiger partial charge < -0.3 is 9.73 Å². The number of Topliss-reactive ketones (excluding diaryl/α,β-unsaturated/α-hetero) is 1. The lowest BCUT2D eigenvalue weighted by Gasteiger charge is -2.21. The van der Waals surface area contributed by atoms with Crippen LogP contribution in [0.5, 0.6) is 0 Å². The molecule has 8 heteroatoms. The summed E-state index contributed by atoms with van der Waals surface area (Å²) in [6, 6.07) is 18.3. The molecule has 2 aromatic carbocycles. The third-order valence-electron chi connectivity index (χ3n) is 4.46. The van der Waals surface area contributed by atoms with Gasteiger partial charge in [-0.15, -0.1) is 0 Å². The molecule has 3 rings (SSSR count). The lowest BCUT2D eigenvalue weighted by Crippen LogP contribution is -2.40. The van der Waals surface area contributed by atoms with Gasteiger partial charge in [0.05, 0.1) is 24.2 Å². The van der Waals surface area contributed by atoms with E-state index in [0.29, 0.717) is 17.9 Å². The maximum absolute atomic E-state index is 13.2. The minimum atomic E-state index is -4.00. The van der Waals surface area contributed by atoms with Crippen molar-refractivity contribution in [3.05, 3.63) is 89.9 Å². The number of benzene rings is 2. The molecule has 1 aromatic heterocycles. The van der Waals surface area contributed by atoms with E-state index in [2.05, 4.69) is 5.32 Å². The number of ketones is 1. The molecule has 1 amide bonds. The Hall–Kier alpha value is -3.23. The average Bonchev–Trinajstić information content (AvgIpc) is 3.26. The molecule has 0 spiro atoms. The number of carbonyl (C=O) groups excluding carboxylic acids is 2. The number of nitrogens with one attached hydrogen (secondary N) is 1. The zero-order valence-electron chi connectivity index (χ0n) is 16.4. The first-order valence-electron chi connectivity index (χ1n) is 9.30. The van der Waals surface area contributed by atoms with E-state index in [0.717, 1.165) is 9.87 Å². The minimum Gasteiger partial charge on any atom is -0.468 e. The van der Waals surface area contributed by atoms with Crippen LogP contribution in [-0.4, -0.2) is 31.0 Å². The van der Waals surface area contributed by atoms with Gasteiger partial charge in [-0.2, -0.15) is 4.31 Å². The second-order valence-electron chi connectivity index (χ2n) is 6.70. The Morgan fingerprint density at radius 1 is 0.967 bits per heavy atom. The molecule has 30 heavy (non-hydrogen) atoms. The van der Waals surface area contributed by atoms with Crippen LogP contribution in [0.3, 0.4) is 0 Å². The van der Waals surface area contributed by atoms with Crippen molar-refractivity contribution in [3.63, 3.8) is 0 Å². The van der Waals surface area contributed by atoms with Gasteiger partial charge in [-0.25, -0.2) is 8.42 Å². The molecular weight excluding hydrogens is 404 g/mol. The Kier molecular flexibility index (Phi) is 6.81. The second kappa shape index (κ2) is 9.51. The van der Waals surface area contributed by atoms with Crippen molar-refractivity contribution >= 4 is 21.7 Å². The highest BCUT2D eigenvalue weighted by atomic mass is 32.2. The van der Waals surface area contributed by atoms with Crippen molar-refractivity contribution in [3.8, 4) is 0 Å². The molecule has 1 N–H and O–H groups in total. The number of sulfonamides is 1. The molecule has 156 valence electrons. The zero-order chi connectivity index (χ0) is 21.6. The number of nitrogens with zero attached hydrogens (tertiary/aromatic N) is 1. The Morgan fingerprint density at radius 3 is 2.27 bits per heavy atom. The predicted octanol–water partition coefficient (Wildman–Crippen LogP) is 2.99. The van der Waals surface area contributed by atoms with Crippen LogP contribution in [0.25, 0.3) is 0 Å². The first-order chi connectivity index (χ1) is 14.4. The standard InChI is InChI=1S/C22H22N2O5S/c1-17(25)19-9-11-21(12-10-19)30(27,28)24(15-20-8-5-13-29-20)16-22(26)23-14-18-6-3-2-4-7-18/h2-13H,14-16H2,1H3,(H,23,26). The summed E-state index contributed by atoms with van der Waals surface area (Å²) in [6.07, 6.45) is 1.44.